The highest BCUT2D eigenvalue weighted by Gasteiger charge is 2.21. The Morgan fingerprint density at radius 3 is 1.88 bits per heavy atom. The first-order chi connectivity index (χ1) is 7.52. The lowest BCUT2D eigenvalue weighted by Crippen LogP contribution is -2.19. The van der Waals surface area contributed by atoms with Gasteiger partial charge in [0.1, 0.15) is 0 Å². The molecule has 0 aromatic rings. The molecule has 3 unspecified atom stereocenters. The van der Waals surface area contributed by atoms with E-state index in [9.17, 15) is 0 Å². The van der Waals surface area contributed by atoms with E-state index in [-0.39, 0.29) is 0 Å². The number of hydrogen-bond acceptors (Lipinski definition) is 0. The molecule has 0 rings (SSSR count). The van der Waals surface area contributed by atoms with Crippen LogP contribution in [0.15, 0.2) is 0 Å². The van der Waals surface area contributed by atoms with Gasteiger partial charge in [0.2, 0.25) is 0 Å². The number of hydrogen-bond donors (Lipinski definition) is 0. The predicted octanol–water partition coefficient (Wildman–Crippen LogP) is 5.91. The zero-order valence-corrected chi connectivity index (χ0v) is 12.6. The van der Waals surface area contributed by atoms with Crippen LogP contribution in [-0.2, 0) is 0 Å². The average Bonchev–Trinajstić information content (AvgIpc) is 2.24. The number of unbranched alkanes of at least 4 members (excludes halogenated alkanes) is 1. The zero-order valence-electron chi connectivity index (χ0n) is 12.6. The summed E-state index contributed by atoms with van der Waals surface area (Å²) in [4.78, 5) is 0. The Hall–Kier alpha value is 0. The molecule has 98 valence electrons. The van der Waals surface area contributed by atoms with Gasteiger partial charge < -0.3 is 0 Å². The van der Waals surface area contributed by atoms with Crippen LogP contribution >= 0.6 is 0 Å². The quantitative estimate of drug-likeness (QED) is 0.458. The van der Waals surface area contributed by atoms with E-state index in [1.807, 2.05) is 0 Å². The molecule has 16 heavy (non-hydrogen) atoms. The van der Waals surface area contributed by atoms with Crippen molar-refractivity contribution < 1.29 is 0 Å². The molecule has 0 aromatic carbocycles. The lowest BCUT2D eigenvalue weighted by Gasteiger charge is -2.29. The van der Waals surface area contributed by atoms with E-state index in [1.54, 1.807) is 0 Å². The van der Waals surface area contributed by atoms with Crippen molar-refractivity contribution in [3.8, 4) is 0 Å². The van der Waals surface area contributed by atoms with Gasteiger partial charge in [-0.1, -0.05) is 73.6 Å². The van der Waals surface area contributed by atoms with Crippen LogP contribution in [0.3, 0.4) is 0 Å². The molecule has 0 saturated carbocycles. The molecule has 0 aliphatic heterocycles. The maximum atomic E-state index is 2.46. The minimum atomic E-state index is 0.843. The molecule has 0 heterocycles. The molecule has 3 atom stereocenters. The van der Waals surface area contributed by atoms with Crippen molar-refractivity contribution in [2.45, 2.75) is 80.1 Å². The zero-order chi connectivity index (χ0) is 12.6. The largest absolute Gasteiger partial charge is 0.0654 e. The summed E-state index contributed by atoms with van der Waals surface area (Å²) in [5, 5.41) is 0. The Labute approximate surface area is 104 Å². The number of rotatable bonds is 9. The standard InChI is InChI=1S/C16H34/c1-7-9-11-14(5)12-16(10-8-2)15(6)13(3)4/h13-16H,7-12H2,1-6H3. The van der Waals surface area contributed by atoms with Crippen molar-refractivity contribution in [3.05, 3.63) is 0 Å². The van der Waals surface area contributed by atoms with E-state index in [1.165, 1.54) is 38.5 Å². The predicted molar refractivity (Wildman–Crippen MR) is 75.7 cm³/mol. The van der Waals surface area contributed by atoms with E-state index in [2.05, 4.69) is 41.5 Å². The highest BCUT2D eigenvalue weighted by Crippen LogP contribution is 2.31. The molecule has 0 fully saturated rings. The molecular weight excluding hydrogens is 192 g/mol. The topological polar surface area (TPSA) is 0 Å². The van der Waals surface area contributed by atoms with Crippen molar-refractivity contribution in [3.63, 3.8) is 0 Å². The summed E-state index contributed by atoms with van der Waals surface area (Å²) in [5.41, 5.74) is 0. The maximum absolute atomic E-state index is 2.46. The van der Waals surface area contributed by atoms with Crippen LogP contribution in [0.4, 0.5) is 0 Å². The summed E-state index contributed by atoms with van der Waals surface area (Å²) < 4.78 is 0. The smallest absolute Gasteiger partial charge is 0.0384 e. The molecule has 0 heteroatoms. The summed E-state index contributed by atoms with van der Waals surface area (Å²) in [6.45, 7) is 14.3. The summed E-state index contributed by atoms with van der Waals surface area (Å²) in [7, 11) is 0. The first kappa shape index (κ1) is 16.0. The van der Waals surface area contributed by atoms with Crippen LogP contribution in [0.5, 0.6) is 0 Å². The van der Waals surface area contributed by atoms with Crippen LogP contribution < -0.4 is 0 Å². The molecule has 0 N–H and O–H groups in total. The fourth-order valence-corrected chi connectivity index (χ4v) is 2.70. The van der Waals surface area contributed by atoms with Gasteiger partial charge in [-0.05, 0) is 30.1 Å². The highest BCUT2D eigenvalue weighted by molar-refractivity contribution is 4.71. The highest BCUT2D eigenvalue weighted by atomic mass is 14.3. The Kier molecular flexibility index (Phi) is 9.07. The van der Waals surface area contributed by atoms with Crippen molar-refractivity contribution in [1.82, 2.24) is 0 Å². The van der Waals surface area contributed by atoms with E-state index in [0.717, 1.165) is 23.7 Å². The van der Waals surface area contributed by atoms with Crippen LogP contribution in [0, 0.1) is 23.7 Å². The molecule has 0 nitrogen and oxygen atoms in total. The molecule has 0 spiro atoms. The van der Waals surface area contributed by atoms with Gasteiger partial charge in [-0.15, -0.1) is 0 Å². The first-order valence-corrected chi connectivity index (χ1v) is 7.52. The second-order valence-corrected chi connectivity index (χ2v) is 6.13. The third-order valence-electron chi connectivity index (χ3n) is 4.21. The molecule has 0 saturated heterocycles. The molecule has 0 radical (unpaired) electrons. The van der Waals surface area contributed by atoms with E-state index in [0.29, 0.717) is 0 Å². The molecule has 0 aliphatic rings. The third-order valence-corrected chi connectivity index (χ3v) is 4.21. The monoisotopic (exact) mass is 226 g/mol. The Morgan fingerprint density at radius 2 is 1.44 bits per heavy atom. The van der Waals surface area contributed by atoms with Gasteiger partial charge in [0.15, 0.2) is 0 Å². The summed E-state index contributed by atoms with van der Waals surface area (Å²) in [6.07, 6.45) is 8.42. The lowest BCUT2D eigenvalue weighted by atomic mass is 9.77. The van der Waals surface area contributed by atoms with Gasteiger partial charge >= 0.3 is 0 Å². The fraction of sp³-hybridized carbons (Fsp3) is 1.00. The molecule has 0 amide bonds. The van der Waals surface area contributed by atoms with Crippen molar-refractivity contribution in [2.24, 2.45) is 23.7 Å². The summed E-state index contributed by atoms with van der Waals surface area (Å²) in [5.74, 6) is 3.62. The van der Waals surface area contributed by atoms with E-state index in [4.69, 9.17) is 0 Å². The molecule has 0 aromatic heterocycles. The van der Waals surface area contributed by atoms with Gasteiger partial charge in [0.25, 0.3) is 0 Å². The Bertz CT molecular complexity index is 148. The third kappa shape index (κ3) is 6.55. The van der Waals surface area contributed by atoms with E-state index < -0.39 is 0 Å². The second-order valence-electron chi connectivity index (χ2n) is 6.13. The first-order valence-electron chi connectivity index (χ1n) is 7.52. The Balaban J connectivity index is 4.10. The lowest BCUT2D eigenvalue weighted by molar-refractivity contribution is 0.215. The fourth-order valence-electron chi connectivity index (χ4n) is 2.70. The molecule has 0 bridgehead atoms. The Morgan fingerprint density at radius 1 is 0.812 bits per heavy atom. The van der Waals surface area contributed by atoms with E-state index >= 15 is 0 Å². The van der Waals surface area contributed by atoms with Crippen LogP contribution in [0.1, 0.15) is 80.1 Å². The van der Waals surface area contributed by atoms with Crippen molar-refractivity contribution in [2.75, 3.05) is 0 Å². The van der Waals surface area contributed by atoms with Gasteiger partial charge in [-0.2, -0.15) is 0 Å². The second kappa shape index (κ2) is 9.07. The maximum Gasteiger partial charge on any atom is -0.0384 e. The van der Waals surface area contributed by atoms with Crippen molar-refractivity contribution >= 4 is 0 Å². The van der Waals surface area contributed by atoms with Gasteiger partial charge in [0, 0.05) is 0 Å². The summed E-state index contributed by atoms with van der Waals surface area (Å²) in [6, 6.07) is 0. The van der Waals surface area contributed by atoms with Gasteiger partial charge in [0.05, 0.1) is 0 Å². The average molecular weight is 226 g/mol. The van der Waals surface area contributed by atoms with Crippen LogP contribution in [0.25, 0.3) is 0 Å². The van der Waals surface area contributed by atoms with Gasteiger partial charge in [-0.25, -0.2) is 0 Å². The normalized spacial score (nSPS) is 17.4. The summed E-state index contributed by atoms with van der Waals surface area (Å²) >= 11 is 0. The molecule has 0 aliphatic carbocycles. The minimum Gasteiger partial charge on any atom is -0.0654 e. The molecular formula is C16H34. The van der Waals surface area contributed by atoms with Crippen LogP contribution in [-0.4, -0.2) is 0 Å². The van der Waals surface area contributed by atoms with Crippen LogP contribution in [0.2, 0.25) is 0 Å². The van der Waals surface area contributed by atoms with Gasteiger partial charge in [-0.3, -0.25) is 0 Å². The minimum absolute atomic E-state index is 0.843. The SMILES string of the molecule is CCCCC(C)CC(CCC)C(C)C(C)C. The van der Waals surface area contributed by atoms with Crippen molar-refractivity contribution in [1.29, 1.82) is 0 Å².